The number of nitrogens with one attached hydrogen (secondary N) is 3. The van der Waals surface area contributed by atoms with E-state index >= 15 is 0 Å². The third-order valence-electron chi connectivity index (χ3n) is 3.69. The van der Waals surface area contributed by atoms with Gasteiger partial charge in [-0.25, -0.2) is 0 Å². The molecule has 0 aliphatic heterocycles. The molecule has 6 heteroatoms. The first-order valence-electron chi connectivity index (χ1n) is 8.15. The summed E-state index contributed by atoms with van der Waals surface area (Å²) in [4.78, 5) is 11.9. The van der Waals surface area contributed by atoms with Crippen LogP contribution in [-0.2, 0) is 17.0 Å². The summed E-state index contributed by atoms with van der Waals surface area (Å²) in [7, 11) is 0. The summed E-state index contributed by atoms with van der Waals surface area (Å²) in [5.41, 5.74) is 9.99. The zero-order valence-electron chi connectivity index (χ0n) is 14.5. The van der Waals surface area contributed by atoms with Gasteiger partial charge in [0.1, 0.15) is 0 Å². The van der Waals surface area contributed by atoms with Crippen LogP contribution in [0.4, 0.5) is 5.69 Å². The predicted octanol–water partition coefficient (Wildman–Crippen LogP) is 3.81. The van der Waals surface area contributed by atoms with Gasteiger partial charge in [0, 0.05) is 11.4 Å². The normalized spacial score (nSPS) is 10.2. The highest BCUT2D eigenvalue weighted by Gasteiger charge is 2.04. The highest BCUT2D eigenvalue weighted by Crippen LogP contribution is 2.15. The van der Waals surface area contributed by atoms with Gasteiger partial charge in [0.05, 0.1) is 5.75 Å². The molecule has 0 aliphatic rings. The van der Waals surface area contributed by atoms with Crippen LogP contribution in [0.1, 0.15) is 23.6 Å². The van der Waals surface area contributed by atoms with E-state index in [-0.39, 0.29) is 5.91 Å². The third-order valence-corrected chi connectivity index (χ3v) is 4.87. The van der Waals surface area contributed by atoms with E-state index in [2.05, 4.69) is 42.1 Å². The lowest BCUT2D eigenvalue weighted by Crippen LogP contribution is -2.44. The molecule has 0 aliphatic carbocycles. The number of carbonyl (C=O) groups is 1. The van der Waals surface area contributed by atoms with Crippen molar-refractivity contribution in [2.24, 2.45) is 0 Å². The Labute approximate surface area is 158 Å². The smallest absolute Gasteiger partial charge is 0.248 e. The predicted molar refractivity (Wildman–Crippen MR) is 111 cm³/mol. The average Bonchev–Trinajstić information content (AvgIpc) is 2.62. The Balaban J connectivity index is 1.66. The number of amides is 1. The average molecular weight is 374 g/mol. The quantitative estimate of drug-likeness (QED) is 0.531. The van der Waals surface area contributed by atoms with Crippen molar-refractivity contribution in [3.05, 3.63) is 65.2 Å². The summed E-state index contributed by atoms with van der Waals surface area (Å²) in [6, 6.07) is 16.2. The molecule has 0 saturated heterocycles. The summed E-state index contributed by atoms with van der Waals surface area (Å²) in [5, 5.41) is 3.40. The summed E-state index contributed by atoms with van der Waals surface area (Å²) in [5.74, 6) is 1.07. The van der Waals surface area contributed by atoms with Gasteiger partial charge in [-0.1, -0.05) is 43.3 Å². The van der Waals surface area contributed by atoms with Crippen molar-refractivity contribution in [1.82, 2.24) is 10.9 Å². The maximum Gasteiger partial charge on any atom is 0.248 e. The number of thioether (sulfide) groups is 1. The second-order valence-electron chi connectivity index (χ2n) is 5.60. The van der Waals surface area contributed by atoms with Gasteiger partial charge in [0.25, 0.3) is 0 Å². The van der Waals surface area contributed by atoms with E-state index in [9.17, 15) is 4.79 Å². The van der Waals surface area contributed by atoms with Crippen molar-refractivity contribution in [2.75, 3.05) is 11.1 Å². The molecular weight excluding hydrogens is 350 g/mol. The van der Waals surface area contributed by atoms with Gasteiger partial charge in [-0.3, -0.25) is 15.6 Å². The van der Waals surface area contributed by atoms with Gasteiger partial charge < -0.3 is 5.32 Å². The molecular formula is C19H23N3OS2. The van der Waals surface area contributed by atoms with Crippen molar-refractivity contribution in [3.63, 3.8) is 0 Å². The minimum atomic E-state index is -0.107. The lowest BCUT2D eigenvalue weighted by Gasteiger charge is -2.12. The number of anilines is 1. The van der Waals surface area contributed by atoms with Gasteiger partial charge in [-0.15, -0.1) is 11.8 Å². The molecule has 0 radical (unpaired) electrons. The second kappa shape index (κ2) is 10.1. The zero-order valence-corrected chi connectivity index (χ0v) is 16.1. The van der Waals surface area contributed by atoms with Crippen molar-refractivity contribution in [3.8, 4) is 0 Å². The van der Waals surface area contributed by atoms with Crippen LogP contribution < -0.4 is 16.2 Å². The van der Waals surface area contributed by atoms with Crippen LogP contribution >= 0.6 is 24.0 Å². The molecule has 0 saturated carbocycles. The first-order chi connectivity index (χ1) is 12.1. The van der Waals surface area contributed by atoms with Crippen LogP contribution in [0.5, 0.6) is 0 Å². The molecule has 0 heterocycles. The SMILES string of the molecule is CCc1ccc(NC(=S)NNC(=O)CSCc2ccccc2C)cc1. The molecule has 0 fully saturated rings. The number of hydrazine groups is 1. The van der Waals surface area contributed by atoms with E-state index in [1.54, 1.807) is 11.8 Å². The van der Waals surface area contributed by atoms with Gasteiger partial charge in [-0.05, 0) is 54.4 Å². The summed E-state index contributed by atoms with van der Waals surface area (Å²) < 4.78 is 0. The molecule has 0 unspecified atom stereocenters. The van der Waals surface area contributed by atoms with Crippen molar-refractivity contribution >= 4 is 40.7 Å². The van der Waals surface area contributed by atoms with Gasteiger partial charge in [0.15, 0.2) is 5.11 Å². The van der Waals surface area contributed by atoms with Crippen LogP contribution in [0, 0.1) is 6.92 Å². The molecule has 132 valence electrons. The van der Waals surface area contributed by atoms with Crippen molar-refractivity contribution in [2.45, 2.75) is 26.0 Å². The molecule has 1 amide bonds. The molecule has 2 aromatic carbocycles. The van der Waals surface area contributed by atoms with Crippen LogP contribution in [0.2, 0.25) is 0 Å². The zero-order chi connectivity index (χ0) is 18.1. The van der Waals surface area contributed by atoms with E-state index in [1.165, 1.54) is 16.7 Å². The number of hydrogen-bond acceptors (Lipinski definition) is 3. The number of aryl methyl sites for hydroxylation is 2. The fraction of sp³-hybridized carbons (Fsp3) is 0.263. The van der Waals surface area contributed by atoms with Crippen molar-refractivity contribution in [1.29, 1.82) is 0 Å². The van der Waals surface area contributed by atoms with Crippen molar-refractivity contribution < 1.29 is 4.79 Å². The Morgan fingerprint density at radius 1 is 1.08 bits per heavy atom. The van der Waals surface area contributed by atoms with Gasteiger partial charge in [0.2, 0.25) is 5.91 Å². The van der Waals surface area contributed by atoms with Crippen LogP contribution in [0.3, 0.4) is 0 Å². The Kier molecular flexibility index (Phi) is 7.76. The Bertz CT molecular complexity index is 717. The molecule has 3 N–H and O–H groups in total. The number of thiocarbonyl (C=S) groups is 1. The molecule has 25 heavy (non-hydrogen) atoms. The third kappa shape index (κ3) is 6.76. The molecule has 0 bridgehead atoms. The number of benzene rings is 2. The van der Waals surface area contributed by atoms with Gasteiger partial charge >= 0.3 is 0 Å². The minimum Gasteiger partial charge on any atom is -0.331 e. The maximum atomic E-state index is 11.9. The largest absolute Gasteiger partial charge is 0.331 e. The van der Waals surface area contributed by atoms with Gasteiger partial charge in [-0.2, -0.15) is 0 Å². The number of hydrogen-bond donors (Lipinski definition) is 3. The summed E-state index contributed by atoms with van der Waals surface area (Å²) in [6.45, 7) is 4.19. The summed E-state index contributed by atoms with van der Waals surface area (Å²) >= 11 is 6.75. The minimum absolute atomic E-state index is 0.107. The molecule has 0 aromatic heterocycles. The fourth-order valence-corrected chi connectivity index (χ4v) is 3.25. The number of rotatable bonds is 6. The molecule has 0 spiro atoms. The topological polar surface area (TPSA) is 53.2 Å². The first kappa shape index (κ1) is 19.3. The molecule has 2 rings (SSSR count). The fourth-order valence-electron chi connectivity index (χ4n) is 2.17. The molecule has 0 atom stereocenters. The van der Waals surface area contributed by atoms with E-state index < -0.39 is 0 Å². The second-order valence-corrected chi connectivity index (χ2v) is 6.99. The van der Waals surface area contributed by atoms with E-state index in [4.69, 9.17) is 12.2 Å². The standard InChI is InChI=1S/C19H23N3OS2/c1-3-15-8-10-17(11-9-15)20-19(24)22-21-18(23)13-25-12-16-7-5-4-6-14(16)2/h4-11H,3,12-13H2,1-2H3,(H,21,23)(H2,20,22,24). The molecule has 2 aromatic rings. The summed E-state index contributed by atoms with van der Waals surface area (Å²) in [6.07, 6.45) is 0.999. The highest BCUT2D eigenvalue weighted by molar-refractivity contribution is 7.99. The Morgan fingerprint density at radius 3 is 2.48 bits per heavy atom. The maximum absolute atomic E-state index is 11.9. The van der Waals surface area contributed by atoms with Crippen LogP contribution in [0.25, 0.3) is 0 Å². The van der Waals surface area contributed by atoms with E-state index in [0.29, 0.717) is 10.9 Å². The first-order valence-corrected chi connectivity index (χ1v) is 9.72. The van der Waals surface area contributed by atoms with E-state index in [0.717, 1.165) is 17.9 Å². The van der Waals surface area contributed by atoms with Crippen LogP contribution in [-0.4, -0.2) is 16.8 Å². The lowest BCUT2D eigenvalue weighted by atomic mass is 10.1. The van der Waals surface area contributed by atoms with E-state index in [1.807, 2.05) is 36.4 Å². The Morgan fingerprint density at radius 2 is 1.80 bits per heavy atom. The van der Waals surface area contributed by atoms with Crippen LogP contribution in [0.15, 0.2) is 48.5 Å². The molecule has 4 nitrogen and oxygen atoms in total. The lowest BCUT2D eigenvalue weighted by molar-refractivity contribution is -0.119. The highest BCUT2D eigenvalue weighted by atomic mass is 32.2. The monoisotopic (exact) mass is 373 g/mol. The Hall–Kier alpha value is -2.05. The number of carbonyl (C=O) groups excluding carboxylic acids is 1.